The van der Waals surface area contributed by atoms with Gasteiger partial charge in [0.05, 0.1) is 28.7 Å². The van der Waals surface area contributed by atoms with Crippen LogP contribution in [0.5, 0.6) is 0 Å². The lowest BCUT2D eigenvalue weighted by molar-refractivity contribution is 0.185. The SMILES string of the molecule is COCCn1c(-c2sc(C)nc2C)nnc1S(=O)(=O)Cl. The largest absolute Gasteiger partial charge is 0.383 e. The number of hydrogen-bond donors (Lipinski definition) is 0. The summed E-state index contributed by atoms with van der Waals surface area (Å²) in [7, 11) is 2.95. The molecule has 2 heterocycles. The van der Waals surface area contributed by atoms with Gasteiger partial charge in [-0.3, -0.25) is 4.57 Å². The van der Waals surface area contributed by atoms with Gasteiger partial charge in [0, 0.05) is 17.8 Å². The predicted molar refractivity (Wildman–Crippen MR) is 75.5 cm³/mol. The maximum Gasteiger partial charge on any atom is 0.296 e. The monoisotopic (exact) mass is 336 g/mol. The number of aromatic nitrogens is 4. The number of aryl methyl sites for hydroxylation is 2. The molecule has 0 bridgehead atoms. The maximum absolute atomic E-state index is 11.5. The third kappa shape index (κ3) is 3.00. The van der Waals surface area contributed by atoms with Crippen LogP contribution in [0.1, 0.15) is 10.7 Å². The van der Waals surface area contributed by atoms with Gasteiger partial charge in [0.1, 0.15) is 0 Å². The van der Waals surface area contributed by atoms with E-state index in [0.717, 1.165) is 15.6 Å². The van der Waals surface area contributed by atoms with Crippen molar-refractivity contribution in [3.8, 4) is 10.7 Å². The normalized spacial score (nSPS) is 12.0. The molecule has 0 aromatic carbocycles. The van der Waals surface area contributed by atoms with Gasteiger partial charge in [0.2, 0.25) is 0 Å². The van der Waals surface area contributed by atoms with Crippen LogP contribution in [0.25, 0.3) is 10.7 Å². The Morgan fingerprint density at radius 3 is 2.55 bits per heavy atom. The van der Waals surface area contributed by atoms with Gasteiger partial charge in [-0.1, -0.05) is 0 Å². The van der Waals surface area contributed by atoms with Crippen LogP contribution >= 0.6 is 22.0 Å². The van der Waals surface area contributed by atoms with Gasteiger partial charge in [-0.05, 0) is 13.8 Å². The van der Waals surface area contributed by atoms with Crippen LogP contribution in [0.2, 0.25) is 0 Å². The van der Waals surface area contributed by atoms with E-state index in [1.54, 1.807) is 0 Å². The molecule has 0 fully saturated rings. The highest BCUT2D eigenvalue weighted by molar-refractivity contribution is 8.13. The molecule has 0 aliphatic carbocycles. The van der Waals surface area contributed by atoms with E-state index in [0.29, 0.717) is 12.4 Å². The molecule has 0 unspecified atom stereocenters. The first kappa shape index (κ1) is 15.4. The molecule has 2 aromatic rings. The summed E-state index contributed by atoms with van der Waals surface area (Å²) >= 11 is 1.43. The van der Waals surface area contributed by atoms with E-state index in [9.17, 15) is 8.42 Å². The van der Waals surface area contributed by atoms with Gasteiger partial charge >= 0.3 is 0 Å². The molecule has 0 aliphatic rings. The Balaban J connectivity index is 2.59. The molecule has 0 radical (unpaired) electrons. The van der Waals surface area contributed by atoms with Crippen molar-refractivity contribution in [3.63, 3.8) is 0 Å². The molecule has 0 atom stereocenters. The standard InChI is InChI=1S/C10H13ClN4O3S2/c1-6-8(19-7(2)12-6)9-13-14-10(20(11,16)17)15(9)4-5-18-3/h4-5H2,1-3H3. The molecule has 0 saturated carbocycles. The highest BCUT2D eigenvalue weighted by Gasteiger charge is 2.25. The van der Waals surface area contributed by atoms with Gasteiger partial charge in [-0.2, -0.15) is 0 Å². The fourth-order valence-corrected chi connectivity index (χ4v) is 3.60. The second kappa shape index (κ2) is 5.76. The van der Waals surface area contributed by atoms with Crippen LogP contribution in [0, 0.1) is 13.8 Å². The van der Waals surface area contributed by atoms with E-state index < -0.39 is 9.05 Å². The summed E-state index contributed by atoms with van der Waals surface area (Å²) in [5.74, 6) is 0.435. The second-order valence-corrected chi connectivity index (χ2v) is 7.70. The highest BCUT2D eigenvalue weighted by Crippen LogP contribution is 2.30. The van der Waals surface area contributed by atoms with Crippen LogP contribution < -0.4 is 0 Å². The molecule has 0 N–H and O–H groups in total. The van der Waals surface area contributed by atoms with E-state index in [1.807, 2.05) is 13.8 Å². The Morgan fingerprint density at radius 1 is 1.35 bits per heavy atom. The van der Waals surface area contributed by atoms with Crippen molar-refractivity contribution in [2.75, 3.05) is 13.7 Å². The van der Waals surface area contributed by atoms with Gasteiger partial charge in [-0.15, -0.1) is 21.5 Å². The third-order valence-electron chi connectivity index (χ3n) is 2.56. The topological polar surface area (TPSA) is 87.0 Å². The van der Waals surface area contributed by atoms with Gasteiger partial charge in [-0.25, -0.2) is 13.4 Å². The van der Waals surface area contributed by atoms with Gasteiger partial charge in [0.15, 0.2) is 5.82 Å². The van der Waals surface area contributed by atoms with Crippen molar-refractivity contribution in [1.82, 2.24) is 19.7 Å². The first-order valence-electron chi connectivity index (χ1n) is 5.65. The van der Waals surface area contributed by atoms with Crippen LogP contribution in [0.4, 0.5) is 0 Å². The highest BCUT2D eigenvalue weighted by atomic mass is 35.7. The summed E-state index contributed by atoms with van der Waals surface area (Å²) in [6, 6.07) is 0. The van der Waals surface area contributed by atoms with Crippen molar-refractivity contribution < 1.29 is 13.2 Å². The van der Waals surface area contributed by atoms with E-state index in [4.69, 9.17) is 15.4 Å². The van der Waals surface area contributed by atoms with E-state index in [2.05, 4.69) is 15.2 Å². The minimum absolute atomic E-state index is 0.281. The molecule has 110 valence electrons. The van der Waals surface area contributed by atoms with Gasteiger partial charge < -0.3 is 4.74 Å². The number of halogens is 1. The molecule has 7 nitrogen and oxygen atoms in total. The molecule has 0 spiro atoms. The quantitative estimate of drug-likeness (QED) is 0.771. The molecule has 0 amide bonds. The summed E-state index contributed by atoms with van der Waals surface area (Å²) in [6.07, 6.45) is 0. The maximum atomic E-state index is 11.5. The predicted octanol–water partition coefficient (Wildman–Crippen LogP) is 1.59. The molecular formula is C10H13ClN4O3S2. The lowest BCUT2D eigenvalue weighted by Crippen LogP contribution is -2.11. The first-order chi connectivity index (χ1) is 9.34. The van der Waals surface area contributed by atoms with Crippen molar-refractivity contribution in [2.45, 2.75) is 25.5 Å². The Labute approximate surface area is 125 Å². The fraction of sp³-hybridized carbons (Fsp3) is 0.500. The fourth-order valence-electron chi connectivity index (χ4n) is 1.76. The van der Waals surface area contributed by atoms with Crippen LogP contribution in [0.15, 0.2) is 5.16 Å². The number of rotatable bonds is 5. The minimum atomic E-state index is -3.97. The van der Waals surface area contributed by atoms with E-state index >= 15 is 0 Å². The third-order valence-corrected chi connectivity index (χ3v) is 4.78. The number of hydrogen-bond acceptors (Lipinski definition) is 7. The number of thiazole rings is 1. The summed E-state index contributed by atoms with van der Waals surface area (Å²) in [6.45, 7) is 4.32. The number of ether oxygens (including phenoxy) is 1. The first-order valence-corrected chi connectivity index (χ1v) is 8.78. The lowest BCUT2D eigenvalue weighted by atomic mass is 10.4. The average Bonchev–Trinajstić information content (AvgIpc) is 2.88. The average molecular weight is 337 g/mol. The van der Waals surface area contributed by atoms with Crippen molar-refractivity contribution >= 4 is 31.1 Å². The molecule has 0 aliphatic heterocycles. The van der Waals surface area contributed by atoms with Crippen molar-refractivity contribution in [1.29, 1.82) is 0 Å². The molecule has 10 heteroatoms. The summed E-state index contributed by atoms with van der Waals surface area (Å²) in [4.78, 5) is 5.08. The molecule has 20 heavy (non-hydrogen) atoms. The summed E-state index contributed by atoms with van der Waals surface area (Å²) < 4.78 is 29.5. The van der Waals surface area contributed by atoms with Crippen molar-refractivity contribution in [3.05, 3.63) is 10.7 Å². The number of methoxy groups -OCH3 is 1. The summed E-state index contributed by atoms with van der Waals surface area (Å²) in [5, 5.41) is 8.22. The van der Waals surface area contributed by atoms with Crippen LogP contribution in [-0.4, -0.2) is 41.9 Å². The zero-order valence-corrected chi connectivity index (χ0v) is 13.5. The van der Waals surface area contributed by atoms with Crippen molar-refractivity contribution in [2.24, 2.45) is 0 Å². The Morgan fingerprint density at radius 2 is 2.05 bits per heavy atom. The smallest absolute Gasteiger partial charge is 0.296 e. The Hall–Kier alpha value is -1.03. The zero-order valence-electron chi connectivity index (χ0n) is 11.1. The van der Waals surface area contributed by atoms with Crippen LogP contribution in [-0.2, 0) is 20.3 Å². The number of nitrogens with zero attached hydrogens (tertiary/aromatic N) is 4. The van der Waals surface area contributed by atoms with E-state index in [1.165, 1.54) is 23.0 Å². The zero-order chi connectivity index (χ0) is 14.9. The Bertz CT molecular complexity index is 723. The lowest BCUT2D eigenvalue weighted by Gasteiger charge is -2.07. The summed E-state index contributed by atoms with van der Waals surface area (Å²) in [5.41, 5.74) is 0.775. The molecule has 2 rings (SSSR count). The molecule has 2 aromatic heterocycles. The second-order valence-electron chi connectivity index (χ2n) is 4.04. The minimum Gasteiger partial charge on any atom is -0.383 e. The Kier molecular flexibility index (Phi) is 4.43. The van der Waals surface area contributed by atoms with Crippen LogP contribution in [0.3, 0.4) is 0 Å². The molecule has 0 saturated heterocycles. The molecular weight excluding hydrogens is 324 g/mol. The van der Waals surface area contributed by atoms with Gasteiger partial charge in [0.25, 0.3) is 14.2 Å². The van der Waals surface area contributed by atoms with E-state index in [-0.39, 0.29) is 11.7 Å².